The molecule has 0 aliphatic carbocycles. The standard InChI is InChI=1S/C73H129N2O7P/c1-7-10-13-16-19-22-25-27-29-31-33-34-35-36-37-38-39-40-42-43-45-47-50-53-56-59-62-65-72(76)74-70(69-81-83(78,79)80-68-67-75(4,5)6)71(64-61-58-55-52-49-24-21-18-15-12-9-3)82-73(77)66-63-60-57-54-51-48-46-44-41-32-30-28-26-23-20-17-14-11-8-2/h11,14,19-20,22-23,27-30,33-34,41,44,48,51,61,64,70-71H,7-10,12-13,15-18,21,24-26,31-32,35-40,42-43,45-47,49-50,52-60,62-63,65-69H2,1-6H3,(H-,74,76,78,79)/p+1/b14-11-,22-19-,23-20-,29-27-,30-28-,34-33-,44-41-,51-48-,64-61-. The summed E-state index contributed by atoms with van der Waals surface area (Å²) in [7, 11) is 1.47. The lowest BCUT2D eigenvalue weighted by molar-refractivity contribution is -0.870. The van der Waals surface area contributed by atoms with E-state index >= 15 is 0 Å². The van der Waals surface area contributed by atoms with Gasteiger partial charge < -0.3 is 19.4 Å². The summed E-state index contributed by atoms with van der Waals surface area (Å²) < 4.78 is 30.7. The van der Waals surface area contributed by atoms with E-state index in [9.17, 15) is 19.0 Å². The van der Waals surface area contributed by atoms with Crippen molar-refractivity contribution in [3.63, 3.8) is 0 Å². The third kappa shape index (κ3) is 63.0. The summed E-state index contributed by atoms with van der Waals surface area (Å²) in [5.74, 6) is -0.544. The van der Waals surface area contributed by atoms with Gasteiger partial charge in [-0.25, -0.2) is 4.57 Å². The lowest BCUT2D eigenvalue weighted by Crippen LogP contribution is -2.47. The number of hydrogen-bond donors (Lipinski definition) is 2. The predicted octanol–water partition coefficient (Wildman–Crippen LogP) is 21.7. The summed E-state index contributed by atoms with van der Waals surface area (Å²) in [5.41, 5.74) is 0. The molecule has 0 aromatic carbocycles. The minimum Gasteiger partial charge on any atom is -0.456 e. The van der Waals surface area contributed by atoms with Crippen molar-refractivity contribution < 1.29 is 37.3 Å². The molecule has 0 spiro atoms. The largest absolute Gasteiger partial charge is 0.472 e. The number of nitrogens with one attached hydrogen (secondary N) is 1. The quantitative estimate of drug-likeness (QED) is 0.0205. The van der Waals surface area contributed by atoms with Crippen molar-refractivity contribution in [2.45, 2.75) is 303 Å². The predicted molar refractivity (Wildman–Crippen MR) is 360 cm³/mol. The molecule has 0 aromatic heterocycles. The van der Waals surface area contributed by atoms with Gasteiger partial charge in [-0.3, -0.25) is 18.6 Å². The number of esters is 1. The van der Waals surface area contributed by atoms with Gasteiger partial charge >= 0.3 is 13.8 Å². The zero-order valence-electron chi connectivity index (χ0n) is 54.7. The number of quaternary nitrogens is 1. The third-order valence-corrected chi connectivity index (χ3v) is 15.7. The number of phosphoric acid groups is 1. The van der Waals surface area contributed by atoms with Crippen molar-refractivity contribution in [3.05, 3.63) is 109 Å². The Hall–Kier alpha value is -3.33. The number of unbranched alkanes of at least 4 members (excludes halogenated alkanes) is 29. The van der Waals surface area contributed by atoms with E-state index in [0.29, 0.717) is 23.9 Å². The summed E-state index contributed by atoms with van der Waals surface area (Å²) in [6.07, 6.45) is 85.3. The number of phosphoric ester groups is 1. The Balaban J connectivity index is 5.08. The van der Waals surface area contributed by atoms with Gasteiger partial charge in [0.15, 0.2) is 0 Å². The molecule has 3 unspecified atom stereocenters. The first-order valence-corrected chi connectivity index (χ1v) is 35.7. The molecule has 3 atom stereocenters. The van der Waals surface area contributed by atoms with Gasteiger partial charge in [0.2, 0.25) is 5.91 Å². The van der Waals surface area contributed by atoms with Crippen LogP contribution in [-0.4, -0.2) is 74.3 Å². The average Bonchev–Trinajstić information content (AvgIpc) is 3.51. The number of likely N-dealkylation sites (N-methyl/N-ethyl adjacent to an activating group) is 1. The van der Waals surface area contributed by atoms with Crippen LogP contribution in [0.25, 0.3) is 0 Å². The van der Waals surface area contributed by atoms with Gasteiger partial charge in [0.05, 0.1) is 33.8 Å². The molecule has 0 fully saturated rings. The Bertz CT molecular complexity index is 1790. The molecule has 0 aliphatic heterocycles. The van der Waals surface area contributed by atoms with E-state index in [4.69, 9.17) is 13.8 Å². The van der Waals surface area contributed by atoms with Crippen molar-refractivity contribution in [3.8, 4) is 0 Å². The Morgan fingerprint density at radius 3 is 1.19 bits per heavy atom. The summed E-state index contributed by atoms with van der Waals surface area (Å²) in [4.78, 5) is 37.8. The lowest BCUT2D eigenvalue weighted by Gasteiger charge is -2.27. The summed E-state index contributed by atoms with van der Waals surface area (Å²) >= 11 is 0. The van der Waals surface area contributed by atoms with Crippen LogP contribution in [0, 0.1) is 0 Å². The lowest BCUT2D eigenvalue weighted by atomic mass is 10.0. The number of allylic oxidation sites excluding steroid dienone is 17. The summed E-state index contributed by atoms with van der Waals surface area (Å²) in [6, 6.07) is -0.869. The molecule has 0 saturated carbocycles. The van der Waals surface area contributed by atoms with Crippen LogP contribution >= 0.6 is 7.82 Å². The number of nitrogens with zero attached hydrogens (tertiary/aromatic N) is 1. The van der Waals surface area contributed by atoms with Crippen LogP contribution in [0.15, 0.2) is 109 Å². The highest BCUT2D eigenvalue weighted by atomic mass is 31.2. The van der Waals surface area contributed by atoms with E-state index in [1.165, 1.54) is 148 Å². The van der Waals surface area contributed by atoms with Gasteiger partial charge in [-0.2, -0.15) is 0 Å². The van der Waals surface area contributed by atoms with E-state index in [1.54, 1.807) is 0 Å². The first-order chi connectivity index (χ1) is 40.4. The Morgan fingerprint density at radius 1 is 0.434 bits per heavy atom. The highest BCUT2D eigenvalue weighted by Gasteiger charge is 2.30. The molecule has 0 aromatic rings. The van der Waals surface area contributed by atoms with Gasteiger partial charge in [0.25, 0.3) is 0 Å². The molecule has 0 saturated heterocycles. The molecule has 0 bridgehead atoms. The van der Waals surface area contributed by atoms with Crippen molar-refractivity contribution in [1.29, 1.82) is 0 Å². The molecule has 478 valence electrons. The van der Waals surface area contributed by atoms with Crippen LogP contribution in [0.2, 0.25) is 0 Å². The molecule has 10 heteroatoms. The van der Waals surface area contributed by atoms with Gasteiger partial charge in [-0.05, 0) is 115 Å². The maximum absolute atomic E-state index is 13.6. The monoisotopic (exact) mass is 1180 g/mol. The molecule has 0 rings (SSSR count). The number of rotatable bonds is 61. The normalized spacial score (nSPS) is 14.3. The van der Waals surface area contributed by atoms with E-state index in [1.807, 2.05) is 33.3 Å². The molecule has 1 amide bonds. The minimum atomic E-state index is -4.47. The molecular weight excluding hydrogens is 1050 g/mol. The van der Waals surface area contributed by atoms with Gasteiger partial charge in [0, 0.05) is 12.8 Å². The minimum absolute atomic E-state index is 0.0300. The zero-order chi connectivity index (χ0) is 60.7. The number of amides is 1. The van der Waals surface area contributed by atoms with Crippen LogP contribution in [0.4, 0.5) is 0 Å². The van der Waals surface area contributed by atoms with Gasteiger partial charge in [-0.1, -0.05) is 272 Å². The fraction of sp³-hybridized carbons (Fsp3) is 0.726. The molecule has 83 heavy (non-hydrogen) atoms. The molecule has 0 heterocycles. The fourth-order valence-electron chi connectivity index (χ4n) is 9.44. The molecule has 0 radical (unpaired) electrons. The molecular formula is C73H130N2O7P+. The number of hydrogen-bond acceptors (Lipinski definition) is 6. The van der Waals surface area contributed by atoms with Crippen molar-refractivity contribution in [1.82, 2.24) is 5.32 Å². The zero-order valence-corrected chi connectivity index (χ0v) is 55.6. The van der Waals surface area contributed by atoms with Gasteiger partial charge in [-0.15, -0.1) is 0 Å². The molecule has 9 nitrogen and oxygen atoms in total. The first kappa shape index (κ1) is 79.7. The maximum Gasteiger partial charge on any atom is 0.472 e. The summed E-state index contributed by atoms with van der Waals surface area (Å²) in [6.45, 7) is 6.85. The second kappa shape index (κ2) is 61.7. The number of carbonyl (C=O) groups is 2. The van der Waals surface area contributed by atoms with E-state index in [2.05, 4.69) is 123 Å². The van der Waals surface area contributed by atoms with Crippen LogP contribution < -0.4 is 5.32 Å². The van der Waals surface area contributed by atoms with Crippen LogP contribution in [0.1, 0.15) is 290 Å². The number of carbonyl (C=O) groups excluding carboxylic acids is 2. The second-order valence-electron chi connectivity index (χ2n) is 24.0. The third-order valence-electron chi connectivity index (χ3n) is 14.7. The average molecular weight is 1180 g/mol. The van der Waals surface area contributed by atoms with Gasteiger partial charge in [0.1, 0.15) is 19.3 Å². The Morgan fingerprint density at radius 2 is 0.771 bits per heavy atom. The molecule has 0 aliphatic rings. The second-order valence-corrected chi connectivity index (χ2v) is 25.4. The van der Waals surface area contributed by atoms with Crippen LogP contribution in [0.5, 0.6) is 0 Å². The highest BCUT2D eigenvalue weighted by molar-refractivity contribution is 7.47. The van der Waals surface area contributed by atoms with E-state index < -0.39 is 20.0 Å². The van der Waals surface area contributed by atoms with Crippen molar-refractivity contribution in [2.75, 3.05) is 40.9 Å². The van der Waals surface area contributed by atoms with Crippen LogP contribution in [0.3, 0.4) is 0 Å². The highest BCUT2D eigenvalue weighted by Crippen LogP contribution is 2.43. The first-order valence-electron chi connectivity index (χ1n) is 34.2. The van der Waals surface area contributed by atoms with E-state index in [0.717, 1.165) is 103 Å². The Labute approximate surface area is 512 Å². The van der Waals surface area contributed by atoms with Crippen LogP contribution in [-0.2, 0) is 27.9 Å². The van der Waals surface area contributed by atoms with Crippen molar-refractivity contribution >= 4 is 19.7 Å². The molecule has 2 N–H and O–H groups in total. The maximum atomic E-state index is 13.6. The topological polar surface area (TPSA) is 111 Å². The SMILES string of the molecule is CC/C=C\C/C=C\C/C=C\C/C=C\C/C=C\CCCCCC(=O)OC(/C=C\CCCCCCCCCCC)C(COP(=O)(O)OCC[N+](C)(C)C)NC(=O)CCCCCCCCCCCCCCCC/C=C\C/C=C\C/C=C\CCCCC. The van der Waals surface area contributed by atoms with Crippen molar-refractivity contribution in [2.24, 2.45) is 0 Å². The summed E-state index contributed by atoms with van der Waals surface area (Å²) in [5, 5.41) is 3.05. The number of ether oxygens (including phenoxy) is 1. The Kier molecular flexibility index (Phi) is 59.3. The fourth-order valence-corrected chi connectivity index (χ4v) is 10.2. The van der Waals surface area contributed by atoms with E-state index in [-0.39, 0.29) is 31.5 Å². The smallest absolute Gasteiger partial charge is 0.456 e.